The highest BCUT2D eigenvalue weighted by Crippen LogP contribution is 2.26. The molecule has 3 heterocycles. The summed E-state index contributed by atoms with van der Waals surface area (Å²) in [6.07, 6.45) is 4.46. The number of imide groups is 1. The summed E-state index contributed by atoms with van der Waals surface area (Å²) < 4.78 is 1.70. The first kappa shape index (κ1) is 14.9. The third-order valence-corrected chi connectivity index (χ3v) is 5.00. The van der Waals surface area contributed by atoms with Crippen LogP contribution in [0.1, 0.15) is 27.6 Å². The summed E-state index contributed by atoms with van der Waals surface area (Å²) in [5.74, 6) is -0.484. The van der Waals surface area contributed by atoms with Crippen LogP contribution in [0.4, 0.5) is 0 Å². The van der Waals surface area contributed by atoms with Crippen LogP contribution < -0.4 is 0 Å². The van der Waals surface area contributed by atoms with Gasteiger partial charge in [0.2, 0.25) is 11.8 Å². The maximum Gasteiger partial charge on any atom is 0.233 e. The van der Waals surface area contributed by atoms with Crippen LogP contribution in [0.2, 0.25) is 0 Å². The number of amides is 2. The minimum Gasteiger partial charge on any atom is -0.276 e. The van der Waals surface area contributed by atoms with Gasteiger partial charge in [0.1, 0.15) is 5.01 Å². The van der Waals surface area contributed by atoms with E-state index in [9.17, 15) is 9.59 Å². The topological polar surface area (TPSA) is 68.1 Å². The van der Waals surface area contributed by atoms with Crippen molar-refractivity contribution in [2.24, 2.45) is 13.0 Å². The van der Waals surface area contributed by atoms with E-state index in [-0.39, 0.29) is 24.2 Å². The van der Waals surface area contributed by atoms with Crippen molar-refractivity contribution in [1.82, 2.24) is 19.7 Å². The van der Waals surface area contributed by atoms with Crippen molar-refractivity contribution in [2.75, 3.05) is 0 Å². The molecule has 1 fully saturated rings. The van der Waals surface area contributed by atoms with Crippen molar-refractivity contribution >= 4 is 23.2 Å². The number of carbonyl (C=O) groups excluding carboxylic acids is 2. The summed E-state index contributed by atoms with van der Waals surface area (Å²) in [5, 5.41) is 4.92. The Balaban J connectivity index is 1.71. The molecule has 1 unspecified atom stereocenters. The normalized spacial score (nSPS) is 18.5. The number of likely N-dealkylation sites (tertiary alicyclic amines) is 1. The average Bonchev–Trinajstić information content (AvgIpc) is 3.07. The number of aryl methyl sites for hydroxylation is 3. The molecular weight excluding hydrogens is 300 g/mol. The van der Waals surface area contributed by atoms with E-state index in [1.54, 1.807) is 22.2 Å². The van der Waals surface area contributed by atoms with Gasteiger partial charge in [0, 0.05) is 24.5 Å². The predicted octanol–water partition coefficient (Wildman–Crippen LogP) is 1.61. The fraction of sp³-hybridized carbons (Fsp3) is 0.467. The lowest BCUT2D eigenvalue weighted by molar-refractivity contribution is -0.140. The zero-order valence-electron chi connectivity index (χ0n) is 12.9. The first-order valence-corrected chi connectivity index (χ1v) is 8.00. The molecule has 0 radical (unpaired) electrons. The van der Waals surface area contributed by atoms with Crippen molar-refractivity contribution in [1.29, 1.82) is 0 Å². The highest BCUT2D eigenvalue weighted by Gasteiger charge is 2.38. The number of carbonyl (C=O) groups is 2. The Kier molecular flexibility index (Phi) is 3.82. The monoisotopic (exact) mass is 318 g/mol. The van der Waals surface area contributed by atoms with Crippen molar-refractivity contribution in [3.63, 3.8) is 0 Å². The minimum absolute atomic E-state index is 0.0978. The molecular formula is C15H18N4O2S. The van der Waals surface area contributed by atoms with Crippen molar-refractivity contribution in [2.45, 2.75) is 33.2 Å². The van der Waals surface area contributed by atoms with Gasteiger partial charge in [-0.2, -0.15) is 5.10 Å². The Bertz CT molecular complexity index is 714. The summed E-state index contributed by atoms with van der Waals surface area (Å²) in [6, 6.07) is 0. The zero-order chi connectivity index (χ0) is 15.9. The zero-order valence-corrected chi connectivity index (χ0v) is 13.7. The molecule has 7 heteroatoms. The summed E-state index contributed by atoms with van der Waals surface area (Å²) in [6.45, 7) is 4.23. The highest BCUT2D eigenvalue weighted by molar-refractivity contribution is 7.11. The van der Waals surface area contributed by atoms with Gasteiger partial charge in [0.15, 0.2) is 0 Å². The second kappa shape index (κ2) is 5.64. The molecule has 116 valence electrons. The Morgan fingerprint density at radius 1 is 1.36 bits per heavy atom. The molecule has 3 rings (SSSR count). The quantitative estimate of drug-likeness (QED) is 0.803. The Labute approximate surface area is 132 Å². The van der Waals surface area contributed by atoms with Gasteiger partial charge in [-0.15, -0.1) is 11.3 Å². The van der Waals surface area contributed by atoms with Gasteiger partial charge >= 0.3 is 0 Å². The van der Waals surface area contributed by atoms with Crippen LogP contribution in [-0.2, 0) is 29.6 Å². The summed E-state index contributed by atoms with van der Waals surface area (Å²) in [7, 11) is 1.84. The molecule has 6 nitrogen and oxygen atoms in total. The summed E-state index contributed by atoms with van der Waals surface area (Å²) >= 11 is 1.54. The van der Waals surface area contributed by atoms with Gasteiger partial charge in [-0.25, -0.2) is 4.98 Å². The van der Waals surface area contributed by atoms with Crippen molar-refractivity contribution in [3.8, 4) is 0 Å². The van der Waals surface area contributed by atoms with Crippen molar-refractivity contribution in [3.05, 3.63) is 33.5 Å². The molecule has 0 bridgehead atoms. The van der Waals surface area contributed by atoms with Crippen LogP contribution in [0.25, 0.3) is 0 Å². The molecule has 0 aliphatic carbocycles. The lowest BCUT2D eigenvalue weighted by atomic mass is 10.0. The van der Waals surface area contributed by atoms with Gasteiger partial charge in [0.25, 0.3) is 0 Å². The van der Waals surface area contributed by atoms with E-state index in [4.69, 9.17) is 0 Å². The maximum absolute atomic E-state index is 12.5. The van der Waals surface area contributed by atoms with Gasteiger partial charge in [-0.05, 0) is 25.8 Å². The van der Waals surface area contributed by atoms with Gasteiger partial charge in [0.05, 0.1) is 24.4 Å². The van der Waals surface area contributed by atoms with Crippen LogP contribution >= 0.6 is 11.3 Å². The number of hydrogen-bond donors (Lipinski definition) is 0. The van der Waals surface area contributed by atoms with Crippen LogP contribution in [0.5, 0.6) is 0 Å². The number of nitrogens with zero attached hydrogens (tertiary/aromatic N) is 4. The number of thiazole rings is 1. The standard InChI is InChI=1S/C15H18N4O2S/c1-9-10(2)22-13(17-9)8-19-14(20)5-12(15(19)21)4-11-6-16-18(3)7-11/h6-7,12H,4-5,8H2,1-3H3. The Hall–Kier alpha value is -2.02. The third kappa shape index (κ3) is 2.81. The summed E-state index contributed by atoms with van der Waals surface area (Å²) in [5.41, 5.74) is 1.95. The van der Waals surface area contributed by atoms with Gasteiger partial charge in [-0.1, -0.05) is 0 Å². The van der Waals surface area contributed by atoms with Crippen LogP contribution in [-0.4, -0.2) is 31.5 Å². The third-order valence-electron chi connectivity index (χ3n) is 3.94. The Morgan fingerprint density at radius 2 is 2.14 bits per heavy atom. The van der Waals surface area contributed by atoms with E-state index in [0.717, 1.165) is 21.1 Å². The molecule has 1 saturated heterocycles. The lowest BCUT2D eigenvalue weighted by Crippen LogP contribution is -2.30. The highest BCUT2D eigenvalue weighted by atomic mass is 32.1. The molecule has 2 aromatic rings. The largest absolute Gasteiger partial charge is 0.276 e. The summed E-state index contributed by atoms with van der Waals surface area (Å²) in [4.78, 5) is 31.5. The van der Waals surface area contributed by atoms with E-state index in [1.807, 2.05) is 27.1 Å². The minimum atomic E-state index is -0.279. The fourth-order valence-electron chi connectivity index (χ4n) is 2.68. The number of aromatic nitrogens is 3. The first-order valence-electron chi connectivity index (χ1n) is 7.18. The molecule has 0 spiro atoms. The van der Waals surface area contributed by atoms with E-state index in [1.165, 1.54) is 4.90 Å². The molecule has 2 amide bonds. The maximum atomic E-state index is 12.5. The molecule has 0 saturated carbocycles. The second-order valence-electron chi connectivity index (χ2n) is 5.69. The van der Waals surface area contributed by atoms with Crippen molar-refractivity contribution < 1.29 is 9.59 Å². The molecule has 22 heavy (non-hydrogen) atoms. The van der Waals surface area contributed by atoms with E-state index < -0.39 is 0 Å². The van der Waals surface area contributed by atoms with Crippen LogP contribution in [0, 0.1) is 19.8 Å². The van der Waals surface area contributed by atoms with E-state index in [0.29, 0.717) is 13.0 Å². The fourth-order valence-corrected chi connectivity index (χ4v) is 3.60. The van der Waals surface area contributed by atoms with E-state index in [2.05, 4.69) is 10.1 Å². The predicted molar refractivity (Wildman–Crippen MR) is 82.2 cm³/mol. The lowest BCUT2D eigenvalue weighted by Gasteiger charge is -2.13. The van der Waals surface area contributed by atoms with Crippen LogP contribution in [0.3, 0.4) is 0 Å². The van der Waals surface area contributed by atoms with E-state index >= 15 is 0 Å². The molecule has 1 aliphatic rings. The first-order chi connectivity index (χ1) is 10.4. The SMILES string of the molecule is Cc1nc(CN2C(=O)CC(Cc3cnn(C)c3)C2=O)sc1C. The Morgan fingerprint density at radius 3 is 2.73 bits per heavy atom. The molecule has 0 N–H and O–H groups in total. The smallest absolute Gasteiger partial charge is 0.233 e. The van der Waals surface area contributed by atoms with Gasteiger partial charge < -0.3 is 0 Å². The van der Waals surface area contributed by atoms with Crippen LogP contribution in [0.15, 0.2) is 12.4 Å². The average molecular weight is 318 g/mol. The molecule has 0 aromatic carbocycles. The number of rotatable bonds is 4. The molecule has 2 aromatic heterocycles. The molecule has 1 aliphatic heterocycles. The second-order valence-corrected chi connectivity index (χ2v) is 6.98. The number of hydrogen-bond acceptors (Lipinski definition) is 5. The molecule has 1 atom stereocenters. The van der Waals surface area contributed by atoms with Gasteiger partial charge in [-0.3, -0.25) is 19.2 Å².